The smallest absolute Gasteiger partial charge is 0.407 e. The van der Waals surface area contributed by atoms with Crippen molar-refractivity contribution < 1.29 is 24.2 Å². The summed E-state index contributed by atoms with van der Waals surface area (Å²) in [5.74, 6) is 1.06. The molecule has 154 valence electrons. The fraction of sp³-hybridized carbons (Fsp3) is 0.364. The van der Waals surface area contributed by atoms with Crippen molar-refractivity contribution in [3.8, 4) is 11.5 Å². The van der Waals surface area contributed by atoms with Gasteiger partial charge in [0, 0.05) is 25.6 Å². The van der Waals surface area contributed by atoms with Crippen LogP contribution >= 0.6 is 0 Å². The minimum Gasteiger partial charge on any atom is -0.493 e. The van der Waals surface area contributed by atoms with E-state index in [0.717, 1.165) is 11.1 Å². The number of carbonyl (C=O) groups is 2. The van der Waals surface area contributed by atoms with E-state index in [0.29, 0.717) is 50.6 Å². The number of nitrogens with zero attached hydrogens (tertiary/aromatic N) is 1. The molecule has 2 aromatic carbocycles. The lowest BCUT2D eigenvalue weighted by molar-refractivity contribution is -0.126. The molecule has 0 aliphatic carbocycles. The molecule has 0 radical (unpaired) electrons. The van der Waals surface area contributed by atoms with Gasteiger partial charge in [-0.15, -0.1) is 0 Å². The lowest BCUT2D eigenvalue weighted by Crippen LogP contribution is -2.42. The summed E-state index contributed by atoms with van der Waals surface area (Å²) >= 11 is 0. The summed E-state index contributed by atoms with van der Waals surface area (Å²) in [7, 11) is 1.59. The molecule has 0 spiro atoms. The summed E-state index contributed by atoms with van der Waals surface area (Å²) in [5.41, 5.74) is 1.98. The fourth-order valence-electron chi connectivity index (χ4n) is 3.34. The number of ether oxygens (including phenoxy) is 2. The van der Waals surface area contributed by atoms with Gasteiger partial charge in [-0.3, -0.25) is 4.79 Å². The first kappa shape index (κ1) is 20.5. The first-order valence-electron chi connectivity index (χ1n) is 9.66. The molecule has 7 nitrogen and oxygen atoms in total. The fourth-order valence-corrected chi connectivity index (χ4v) is 3.34. The van der Waals surface area contributed by atoms with Gasteiger partial charge in [0.25, 0.3) is 0 Å². The molecule has 0 saturated carbocycles. The number of hydrogen-bond acceptors (Lipinski definition) is 4. The van der Waals surface area contributed by atoms with E-state index in [9.17, 15) is 9.59 Å². The van der Waals surface area contributed by atoms with E-state index in [1.807, 2.05) is 48.5 Å². The van der Waals surface area contributed by atoms with E-state index in [1.165, 1.54) is 4.90 Å². The highest BCUT2D eigenvalue weighted by Crippen LogP contribution is 2.29. The third-order valence-electron chi connectivity index (χ3n) is 5.07. The SMILES string of the molecule is COc1cc(CNC(=O)C2CCN(C(=O)O)CC2)ccc1OCc1ccccc1. The molecule has 0 aromatic heterocycles. The van der Waals surface area contributed by atoms with Gasteiger partial charge in [0.15, 0.2) is 11.5 Å². The molecule has 1 aliphatic heterocycles. The number of methoxy groups -OCH3 is 1. The number of rotatable bonds is 7. The van der Waals surface area contributed by atoms with Crippen molar-refractivity contribution in [3.05, 3.63) is 59.7 Å². The molecule has 2 amide bonds. The predicted molar refractivity (Wildman–Crippen MR) is 108 cm³/mol. The number of amides is 2. The molecule has 1 aliphatic rings. The Kier molecular flexibility index (Phi) is 6.94. The first-order valence-corrected chi connectivity index (χ1v) is 9.66. The van der Waals surface area contributed by atoms with Crippen LogP contribution in [0.15, 0.2) is 48.5 Å². The van der Waals surface area contributed by atoms with Crippen LogP contribution < -0.4 is 14.8 Å². The van der Waals surface area contributed by atoms with E-state index >= 15 is 0 Å². The van der Waals surface area contributed by atoms with Gasteiger partial charge in [-0.05, 0) is 36.1 Å². The molecule has 29 heavy (non-hydrogen) atoms. The van der Waals surface area contributed by atoms with Crippen molar-refractivity contribution in [3.63, 3.8) is 0 Å². The van der Waals surface area contributed by atoms with Crippen LogP contribution in [0.2, 0.25) is 0 Å². The Morgan fingerprint density at radius 2 is 1.79 bits per heavy atom. The van der Waals surface area contributed by atoms with Crippen LogP contribution in [0.1, 0.15) is 24.0 Å². The van der Waals surface area contributed by atoms with E-state index in [2.05, 4.69) is 5.32 Å². The summed E-state index contributed by atoms with van der Waals surface area (Å²) in [5, 5.41) is 11.9. The number of hydrogen-bond donors (Lipinski definition) is 2. The van der Waals surface area contributed by atoms with Gasteiger partial charge < -0.3 is 24.8 Å². The number of likely N-dealkylation sites (tertiary alicyclic amines) is 1. The summed E-state index contributed by atoms with van der Waals surface area (Å²) in [6.07, 6.45) is 0.173. The number of nitrogens with one attached hydrogen (secondary N) is 1. The van der Waals surface area contributed by atoms with Crippen molar-refractivity contribution >= 4 is 12.0 Å². The first-order chi connectivity index (χ1) is 14.1. The Morgan fingerprint density at radius 1 is 1.07 bits per heavy atom. The van der Waals surface area contributed by atoms with Crippen molar-refractivity contribution in [2.45, 2.75) is 26.0 Å². The van der Waals surface area contributed by atoms with Gasteiger partial charge in [0.1, 0.15) is 6.61 Å². The van der Waals surface area contributed by atoms with Crippen molar-refractivity contribution in [1.82, 2.24) is 10.2 Å². The molecular weight excluding hydrogens is 372 g/mol. The Bertz CT molecular complexity index is 832. The van der Waals surface area contributed by atoms with Crippen molar-refractivity contribution in [2.75, 3.05) is 20.2 Å². The van der Waals surface area contributed by atoms with Crippen molar-refractivity contribution in [1.29, 1.82) is 0 Å². The number of benzene rings is 2. The second kappa shape index (κ2) is 9.82. The molecule has 1 saturated heterocycles. The van der Waals surface area contributed by atoms with Crippen molar-refractivity contribution in [2.24, 2.45) is 5.92 Å². The molecule has 0 unspecified atom stereocenters. The molecule has 3 rings (SSSR count). The zero-order valence-electron chi connectivity index (χ0n) is 16.5. The summed E-state index contributed by atoms with van der Waals surface area (Å²) in [6, 6.07) is 15.5. The van der Waals surface area contributed by atoms with Gasteiger partial charge in [-0.1, -0.05) is 36.4 Å². The van der Waals surface area contributed by atoms with E-state index < -0.39 is 6.09 Å². The summed E-state index contributed by atoms with van der Waals surface area (Å²) in [4.78, 5) is 24.7. The third-order valence-corrected chi connectivity index (χ3v) is 5.07. The summed E-state index contributed by atoms with van der Waals surface area (Å²) in [6.45, 7) is 1.62. The van der Waals surface area contributed by atoms with Crippen LogP contribution in [0.5, 0.6) is 11.5 Å². The van der Waals surface area contributed by atoms with Crippen LogP contribution in [-0.4, -0.2) is 42.2 Å². The largest absolute Gasteiger partial charge is 0.493 e. The molecular formula is C22H26N2O5. The number of carboxylic acid groups (broad SMARTS) is 1. The van der Waals surface area contributed by atoms with Gasteiger partial charge in [-0.2, -0.15) is 0 Å². The molecule has 7 heteroatoms. The molecule has 0 bridgehead atoms. The Labute approximate surface area is 170 Å². The Hall–Kier alpha value is -3.22. The normalized spacial score (nSPS) is 14.3. The minimum absolute atomic E-state index is 0.0431. The lowest BCUT2D eigenvalue weighted by atomic mass is 9.96. The second-order valence-corrected chi connectivity index (χ2v) is 7.02. The van der Waals surface area contributed by atoms with Crippen LogP contribution in [-0.2, 0) is 17.9 Å². The monoisotopic (exact) mass is 398 g/mol. The van der Waals surface area contributed by atoms with Crippen LogP contribution in [0.4, 0.5) is 4.79 Å². The minimum atomic E-state index is -0.925. The molecule has 1 fully saturated rings. The lowest BCUT2D eigenvalue weighted by Gasteiger charge is -2.29. The molecule has 0 atom stereocenters. The standard InChI is InChI=1S/C22H26N2O5/c1-28-20-13-17(7-8-19(20)29-15-16-5-3-2-4-6-16)14-23-21(25)18-9-11-24(12-10-18)22(26)27/h2-8,13,18H,9-12,14-15H2,1H3,(H,23,25)(H,26,27). The molecule has 2 aromatic rings. The zero-order chi connectivity index (χ0) is 20.6. The van der Waals surface area contributed by atoms with Gasteiger partial charge in [0.05, 0.1) is 7.11 Å². The van der Waals surface area contributed by atoms with Crippen LogP contribution in [0.3, 0.4) is 0 Å². The Balaban J connectivity index is 1.52. The number of carbonyl (C=O) groups excluding carboxylic acids is 1. The highest BCUT2D eigenvalue weighted by atomic mass is 16.5. The topological polar surface area (TPSA) is 88.1 Å². The highest BCUT2D eigenvalue weighted by molar-refractivity contribution is 5.79. The van der Waals surface area contributed by atoms with E-state index in [4.69, 9.17) is 14.6 Å². The van der Waals surface area contributed by atoms with E-state index in [1.54, 1.807) is 7.11 Å². The summed E-state index contributed by atoms with van der Waals surface area (Å²) < 4.78 is 11.3. The van der Waals surface area contributed by atoms with Gasteiger partial charge >= 0.3 is 6.09 Å². The van der Waals surface area contributed by atoms with Crippen LogP contribution in [0, 0.1) is 5.92 Å². The van der Waals surface area contributed by atoms with Crippen LogP contribution in [0.25, 0.3) is 0 Å². The van der Waals surface area contributed by atoms with Gasteiger partial charge in [0.2, 0.25) is 5.91 Å². The quantitative estimate of drug-likeness (QED) is 0.747. The average Bonchev–Trinajstić information content (AvgIpc) is 2.77. The maximum Gasteiger partial charge on any atom is 0.407 e. The second-order valence-electron chi connectivity index (χ2n) is 7.02. The maximum absolute atomic E-state index is 12.4. The molecule has 2 N–H and O–H groups in total. The Morgan fingerprint density at radius 3 is 2.45 bits per heavy atom. The van der Waals surface area contributed by atoms with E-state index in [-0.39, 0.29) is 11.8 Å². The highest BCUT2D eigenvalue weighted by Gasteiger charge is 2.26. The van der Waals surface area contributed by atoms with Gasteiger partial charge in [-0.25, -0.2) is 4.79 Å². The predicted octanol–water partition coefficient (Wildman–Crippen LogP) is 3.28. The maximum atomic E-state index is 12.4. The molecule has 1 heterocycles. The zero-order valence-corrected chi connectivity index (χ0v) is 16.5. The number of piperidine rings is 1. The third kappa shape index (κ3) is 5.63. The average molecular weight is 398 g/mol.